The first kappa shape index (κ1) is 12.9. The van der Waals surface area contributed by atoms with Gasteiger partial charge in [-0.3, -0.25) is 0 Å². The van der Waals surface area contributed by atoms with Crippen LogP contribution in [0.1, 0.15) is 43.0 Å². The summed E-state index contributed by atoms with van der Waals surface area (Å²) in [5, 5.41) is 0. The second kappa shape index (κ2) is 4.21. The van der Waals surface area contributed by atoms with Crippen molar-refractivity contribution in [1.29, 1.82) is 0 Å². The third kappa shape index (κ3) is 1.64. The van der Waals surface area contributed by atoms with Gasteiger partial charge in [0.15, 0.2) is 0 Å². The van der Waals surface area contributed by atoms with Gasteiger partial charge in [-0.05, 0) is 52.8 Å². The Morgan fingerprint density at radius 1 is 1.16 bits per heavy atom. The van der Waals surface area contributed by atoms with E-state index in [1.807, 2.05) is 0 Å². The van der Waals surface area contributed by atoms with Crippen molar-refractivity contribution < 1.29 is 0 Å². The standard InChI is InChI=1S/C18H19Br/c1-5-12-11(2)10-15(19)17-16(12)13-8-6-7-9-14(13)18(17,3)4/h6-10H,5H2,1-4H3. The largest absolute Gasteiger partial charge is 0.0619 e. The van der Waals surface area contributed by atoms with Gasteiger partial charge in [0.2, 0.25) is 0 Å². The Bertz CT molecular complexity index is 666. The summed E-state index contributed by atoms with van der Waals surface area (Å²) in [5.74, 6) is 0. The Morgan fingerprint density at radius 3 is 2.53 bits per heavy atom. The number of hydrogen-bond acceptors (Lipinski definition) is 0. The first-order valence-electron chi connectivity index (χ1n) is 6.90. The number of fused-ring (bicyclic) bond motifs is 3. The highest BCUT2D eigenvalue weighted by molar-refractivity contribution is 9.10. The van der Waals surface area contributed by atoms with Gasteiger partial charge in [-0.1, -0.05) is 61.0 Å². The summed E-state index contributed by atoms with van der Waals surface area (Å²) in [6, 6.07) is 11.1. The van der Waals surface area contributed by atoms with Crippen molar-refractivity contribution in [3.8, 4) is 11.1 Å². The molecule has 0 bridgehead atoms. The molecule has 0 nitrogen and oxygen atoms in total. The summed E-state index contributed by atoms with van der Waals surface area (Å²) in [6.45, 7) is 9.14. The Hall–Kier alpha value is -1.08. The molecular weight excluding hydrogens is 296 g/mol. The predicted octanol–water partition coefficient (Wildman–Crippen LogP) is 5.63. The minimum Gasteiger partial charge on any atom is -0.0619 e. The van der Waals surface area contributed by atoms with Crippen molar-refractivity contribution in [2.24, 2.45) is 0 Å². The van der Waals surface area contributed by atoms with Crippen LogP contribution < -0.4 is 0 Å². The van der Waals surface area contributed by atoms with E-state index in [-0.39, 0.29) is 5.41 Å². The monoisotopic (exact) mass is 314 g/mol. The molecule has 3 rings (SSSR count). The van der Waals surface area contributed by atoms with Gasteiger partial charge in [-0.25, -0.2) is 0 Å². The maximum absolute atomic E-state index is 3.80. The highest BCUT2D eigenvalue weighted by Crippen LogP contribution is 2.53. The summed E-state index contributed by atoms with van der Waals surface area (Å²) in [5.41, 5.74) is 8.76. The quantitative estimate of drug-likeness (QED) is 0.640. The number of benzene rings is 2. The van der Waals surface area contributed by atoms with Crippen LogP contribution in [0.15, 0.2) is 34.8 Å². The Morgan fingerprint density at radius 2 is 1.84 bits per heavy atom. The maximum Gasteiger partial charge on any atom is 0.0225 e. The van der Waals surface area contributed by atoms with Crippen LogP contribution in [-0.4, -0.2) is 0 Å². The van der Waals surface area contributed by atoms with Crippen LogP contribution in [0.3, 0.4) is 0 Å². The Kier molecular flexibility index (Phi) is 2.86. The molecule has 0 heterocycles. The van der Waals surface area contributed by atoms with E-state index in [1.165, 1.54) is 37.9 Å². The van der Waals surface area contributed by atoms with E-state index < -0.39 is 0 Å². The second-order valence-electron chi connectivity index (χ2n) is 5.93. The lowest BCUT2D eigenvalue weighted by Gasteiger charge is -2.23. The molecule has 0 fully saturated rings. The van der Waals surface area contributed by atoms with Gasteiger partial charge < -0.3 is 0 Å². The van der Waals surface area contributed by atoms with E-state index >= 15 is 0 Å². The number of rotatable bonds is 1. The molecule has 19 heavy (non-hydrogen) atoms. The van der Waals surface area contributed by atoms with Gasteiger partial charge in [0, 0.05) is 9.89 Å². The fourth-order valence-electron chi connectivity index (χ4n) is 3.56. The zero-order valence-corrected chi connectivity index (χ0v) is 13.6. The van der Waals surface area contributed by atoms with Crippen LogP contribution in [-0.2, 0) is 11.8 Å². The molecule has 1 aliphatic rings. The fourth-order valence-corrected chi connectivity index (χ4v) is 4.60. The van der Waals surface area contributed by atoms with E-state index in [0.717, 1.165) is 6.42 Å². The molecule has 1 heteroatoms. The van der Waals surface area contributed by atoms with Crippen molar-refractivity contribution in [1.82, 2.24) is 0 Å². The van der Waals surface area contributed by atoms with Gasteiger partial charge >= 0.3 is 0 Å². The molecule has 0 amide bonds. The van der Waals surface area contributed by atoms with Crippen LogP contribution in [0.5, 0.6) is 0 Å². The third-order valence-corrected chi connectivity index (χ3v) is 5.08. The minimum atomic E-state index is 0.0857. The maximum atomic E-state index is 3.80. The summed E-state index contributed by atoms with van der Waals surface area (Å²) < 4.78 is 1.25. The van der Waals surface area contributed by atoms with Crippen LogP contribution in [0.4, 0.5) is 0 Å². The number of halogens is 1. The number of aryl methyl sites for hydroxylation is 1. The summed E-state index contributed by atoms with van der Waals surface area (Å²) in [4.78, 5) is 0. The molecule has 0 unspecified atom stereocenters. The average Bonchev–Trinajstić information content (AvgIpc) is 2.60. The average molecular weight is 315 g/mol. The van der Waals surface area contributed by atoms with Gasteiger partial charge in [0.1, 0.15) is 0 Å². The second-order valence-corrected chi connectivity index (χ2v) is 6.78. The normalized spacial score (nSPS) is 15.2. The molecule has 0 atom stereocenters. The van der Waals surface area contributed by atoms with Crippen LogP contribution in [0, 0.1) is 6.92 Å². The fraction of sp³-hybridized carbons (Fsp3) is 0.333. The molecule has 98 valence electrons. The van der Waals surface area contributed by atoms with E-state index in [2.05, 4.69) is 74.0 Å². The SMILES string of the molecule is CCc1c(C)cc(Br)c2c1-c1ccccc1C2(C)C. The van der Waals surface area contributed by atoms with Crippen molar-refractivity contribution in [2.45, 2.75) is 39.5 Å². The molecule has 1 aliphatic carbocycles. The van der Waals surface area contributed by atoms with Crippen molar-refractivity contribution >= 4 is 15.9 Å². The summed E-state index contributed by atoms with van der Waals surface area (Å²) in [7, 11) is 0. The molecule has 2 aromatic carbocycles. The molecule has 0 saturated carbocycles. The van der Waals surface area contributed by atoms with E-state index in [1.54, 1.807) is 0 Å². The van der Waals surface area contributed by atoms with Crippen molar-refractivity contribution in [3.63, 3.8) is 0 Å². The first-order valence-corrected chi connectivity index (χ1v) is 7.70. The Balaban J connectivity index is 2.49. The van der Waals surface area contributed by atoms with Crippen molar-refractivity contribution in [2.75, 3.05) is 0 Å². The molecule has 0 saturated heterocycles. The zero-order chi connectivity index (χ0) is 13.8. The van der Waals surface area contributed by atoms with Crippen LogP contribution in [0.25, 0.3) is 11.1 Å². The summed E-state index contributed by atoms with van der Waals surface area (Å²) >= 11 is 3.80. The van der Waals surface area contributed by atoms with Gasteiger partial charge in [0.05, 0.1) is 0 Å². The van der Waals surface area contributed by atoms with Crippen LogP contribution in [0.2, 0.25) is 0 Å². The van der Waals surface area contributed by atoms with Gasteiger partial charge in [-0.15, -0.1) is 0 Å². The molecule has 0 N–H and O–H groups in total. The molecule has 0 spiro atoms. The lowest BCUT2D eigenvalue weighted by Crippen LogP contribution is -2.16. The Labute approximate surface area is 124 Å². The topological polar surface area (TPSA) is 0 Å². The first-order chi connectivity index (χ1) is 8.98. The summed E-state index contributed by atoms with van der Waals surface area (Å²) in [6.07, 6.45) is 1.09. The number of hydrogen-bond donors (Lipinski definition) is 0. The van der Waals surface area contributed by atoms with Crippen molar-refractivity contribution in [3.05, 3.63) is 57.1 Å². The van der Waals surface area contributed by atoms with E-state index in [9.17, 15) is 0 Å². The zero-order valence-electron chi connectivity index (χ0n) is 12.0. The minimum absolute atomic E-state index is 0.0857. The molecule has 0 aromatic heterocycles. The molecule has 2 aromatic rings. The smallest absolute Gasteiger partial charge is 0.0225 e. The lowest BCUT2D eigenvalue weighted by molar-refractivity contribution is 0.656. The highest BCUT2D eigenvalue weighted by Gasteiger charge is 2.38. The molecule has 0 radical (unpaired) electrons. The molecule has 0 aliphatic heterocycles. The van der Waals surface area contributed by atoms with Gasteiger partial charge in [0.25, 0.3) is 0 Å². The van der Waals surface area contributed by atoms with E-state index in [4.69, 9.17) is 0 Å². The third-order valence-electron chi connectivity index (χ3n) is 4.46. The highest BCUT2D eigenvalue weighted by atomic mass is 79.9. The van der Waals surface area contributed by atoms with Crippen LogP contribution >= 0.6 is 15.9 Å². The molecular formula is C18H19Br. The van der Waals surface area contributed by atoms with E-state index in [0.29, 0.717) is 0 Å². The van der Waals surface area contributed by atoms with Gasteiger partial charge in [-0.2, -0.15) is 0 Å². The lowest BCUT2D eigenvalue weighted by atomic mass is 9.81. The predicted molar refractivity (Wildman–Crippen MR) is 85.8 cm³/mol.